The zero-order chi connectivity index (χ0) is 13.5. The van der Waals surface area contributed by atoms with Gasteiger partial charge in [-0.05, 0) is 24.1 Å². The van der Waals surface area contributed by atoms with Gasteiger partial charge in [0.1, 0.15) is 0 Å². The molecule has 1 saturated heterocycles. The minimum atomic E-state index is 0.688. The Morgan fingerprint density at radius 1 is 1.32 bits per heavy atom. The zero-order valence-corrected chi connectivity index (χ0v) is 12.1. The number of pyridine rings is 1. The maximum atomic E-state index is 5.35. The minimum absolute atomic E-state index is 0.688. The molecule has 106 valence electrons. The maximum Gasteiger partial charge on any atom is 0.0594 e. The van der Waals surface area contributed by atoms with Crippen molar-refractivity contribution in [2.24, 2.45) is 5.92 Å². The molecule has 4 nitrogen and oxygen atoms in total. The molecule has 0 amide bonds. The van der Waals surface area contributed by atoms with Gasteiger partial charge in [-0.3, -0.25) is 9.88 Å². The Labute approximate surface area is 116 Å². The molecule has 19 heavy (non-hydrogen) atoms. The molecule has 1 aromatic heterocycles. The molecule has 2 rings (SSSR count). The van der Waals surface area contributed by atoms with Gasteiger partial charge in [-0.1, -0.05) is 19.9 Å². The van der Waals surface area contributed by atoms with Crippen LogP contribution in [0.2, 0.25) is 0 Å². The van der Waals surface area contributed by atoms with Crippen molar-refractivity contribution in [2.75, 3.05) is 32.8 Å². The highest BCUT2D eigenvalue weighted by Gasteiger charge is 2.10. The first-order chi connectivity index (χ1) is 9.24. The average Bonchev–Trinajstić information content (AvgIpc) is 2.42. The van der Waals surface area contributed by atoms with Crippen LogP contribution in [0.15, 0.2) is 18.3 Å². The zero-order valence-electron chi connectivity index (χ0n) is 12.1. The van der Waals surface area contributed by atoms with Gasteiger partial charge in [-0.15, -0.1) is 0 Å². The van der Waals surface area contributed by atoms with Crippen LogP contribution in [0.4, 0.5) is 0 Å². The van der Waals surface area contributed by atoms with E-state index < -0.39 is 0 Å². The molecular weight excluding hydrogens is 238 g/mol. The van der Waals surface area contributed by atoms with Crippen LogP contribution in [0.5, 0.6) is 0 Å². The Kier molecular flexibility index (Phi) is 5.76. The van der Waals surface area contributed by atoms with Crippen molar-refractivity contribution in [1.82, 2.24) is 15.2 Å². The number of ether oxygens (including phenoxy) is 1. The normalized spacial score (nSPS) is 17.0. The second-order valence-electron chi connectivity index (χ2n) is 5.57. The number of hydrogen-bond donors (Lipinski definition) is 1. The molecule has 0 spiro atoms. The Morgan fingerprint density at radius 3 is 2.74 bits per heavy atom. The van der Waals surface area contributed by atoms with Crippen molar-refractivity contribution in [3.05, 3.63) is 29.6 Å². The van der Waals surface area contributed by atoms with Gasteiger partial charge in [0.2, 0.25) is 0 Å². The molecule has 0 unspecified atom stereocenters. The van der Waals surface area contributed by atoms with Gasteiger partial charge in [0.25, 0.3) is 0 Å². The summed E-state index contributed by atoms with van der Waals surface area (Å²) < 4.78 is 5.35. The second-order valence-corrected chi connectivity index (χ2v) is 5.57. The van der Waals surface area contributed by atoms with Crippen LogP contribution in [-0.2, 0) is 17.8 Å². The Bertz CT molecular complexity index is 358. The summed E-state index contributed by atoms with van der Waals surface area (Å²) >= 11 is 0. The molecular formula is C15H25N3O. The number of morpholine rings is 1. The SMILES string of the molecule is CC(C)CNCc1ccc(CN2CCOCC2)nc1. The van der Waals surface area contributed by atoms with E-state index in [1.165, 1.54) is 5.56 Å². The molecule has 1 fully saturated rings. The van der Waals surface area contributed by atoms with Crippen LogP contribution in [0.3, 0.4) is 0 Å². The molecule has 1 aromatic rings. The molecule has 0 aromatic carbocycles. The molecule has 0 saturated carbocycles. The summed E-state index contributed by atoms with van der Waals surface area (Å²) in [6.07, 6.45) is 1.99. The molecule has 4 heteroatoms. The van der Waals surface area contributed by atoms with Crippen molar-refractivity contribution < 1.29 is 4.74 Å². The van der Waals surface area contributed by atoms with Crippen LogP contribution < -0.4 is 5.32 Å². The summed E-state index contributed by atoms with van der Waals surface area (Å²) in [6, 6.07) is 4.32. The highest BCUT2D eigenvalue weighted by Crippen LogP contribution is 2.06. The summed E-state index contributed by atoms with van der Waals surface area (Å²) in [5.74, 6) is 0.688. The van der Waals surface area contributed by atoms with Crippen molar-refractivity contribution in [2.45, 2.75) is 26.9 Å². The molecule has 1 N–H and O–H groups in total. The highest BCUT2D eigenvalue weighted by atomic mass is 16.5. The first-order valence-corrected chi connectivity index (χ1v) is 7.18. The lowest BCUT2D eigenvalue weighted by atomic mass is 10.2. The van der Waals surface area contributed by atoms with E-state index >= 15 is 0 Å². The Balaban J connectivity index is 1.77. The van der Waals surface area contributed by atoms with Crippen LogP contribution >= 0.6 is 0 Å². The fourth-order valence-corrected chi connectivity index (χ4v) is 2.15. The van der Waals surface area contributed by atoms with E-state index in [2.05, 4.69) is 41.2 Å². The van der Waals surface area contributed by atoms with Gasteiger partial charge in [0.15, 0.2) is 0 Å². The fraction of sp³-hybridized carbons (Fsp3) is 0.667. The van der Waals surface area contributed by atoms with E-state index in [0.29, 0.717) is 5.92 Å². The number of hydrogen-bond acceptors (Lipinski definition) is 4. The Hall–Kier alpha value is -0.970. The molecule has 1 aliphatic rings. The lowest BCUT2D eigenvalue weighted by Crippen LogP contribution is -2.35. The van der Waals surface area contributed by atoms with E-state index in [1.54, 1.807) is 0 Å². The number of nitrogens with one attached hydrogen (secondary N) is 1. The molecule has 1 aliphatic heterocycles. The van der Waals surface area contributed by atoms with Gasteiger partial charge in [-0.2, -0.15) is 0 Å². The number of aromatic nitrogens is 1. The summed E-state index contributed by atoms with van der Waals surface area (Å²) in [5.41, 5.74) is 2.40. The van der Waals surface area contributed by atoms with Crippen molar-refractivity contribution >= 4 is 0 Å². The predicted molar refractivity (Wildman–Crippen MR) is 76.9 cm³/mol. The average molecular weight is 263 g/mol. The predicted octanol–water partition coefficient (Wildman–Crippen LogP) is 1.66. The lowest BCUT2D eigenvalue weighted by Gasteiger charge is -2.26. The summed E-state index contributed by atoms with van der Waals surface area (Å²) in [4.78, 5) is 6.94. The fourth-order valence-electron chi connectivity index (χ4n) is 2.15. The van der Waals surface area contributed by atoms with Crippen molar-refractivity contribution in [1.29, 1.82) is 0 Å². The highest BCUT2D eigenvalue weighted by molar-refractivity contribution is 5.14. The van der Waals surface area contributed by atoms with Crippen LogP contribution in [0.1, 0.15) is 25.1 Å². The monoisotopic (exact) mass is 263 g/mol. The Morgan fingerprint density at radius 2 is 2.11 bits per heavy atom. The second kappa shape index (κ2) is 7.58. The minimum Gasteiger partial charge on any atom is -0.379 e. The maximum absolute atomic E-state index is 5.35. The van der Waals surface area contributed by atoms with Gasteiger partial charge in [0.05, 0.1) is 18.9 Å². The van der Waals surface area contributed by atoms with Crippen LogP contribution in [0.25, 0.3) is 0 Å². The van der Waals surface area contributed by atoms with Gasteiger partial charge in [0, 0.05) is 32.4 Å². The number of rotatable bonds is 6. The third kappa shape index (κ3) is 5.27. The van der Waals surface area contributed by atoms with Crippen molar-refractivity contribution in [3.63, 3.8) is 0 Å². The molecule has 2 heterocycles. The van der Waals surface area contributed by atoms with E-state index in [9.17, 15) is 0 Å². The van der Waals surface area contributed by atoms with Crippen LogP contribution in [0, 0.1) is 5.92 Å². The van der Waals surface area contributed by atoms with Crippen molar-refractivity contribution in [3.8, 4) is 0 Å². The standard InChI is InChI=1S/C15H25N3O/c1-13(2)9-16-10-14-3-4-15(17-11-14)12-18-5-7-19-8-6-18/h3-4,11,13,16H,5-10,12H2,1-2H3. The third-order valence-electron chi connectivity index (χ3n) is 3.26. The first-order valence-electron chi connectivity index (χ1n) is 7.18. The lowest BCUT2D eigenvalue weighted by molar-refractivity contribution is 0.0336. The molecule has 0 atom stereocenters. The largest absolute Gasteiger partial charge is 0.379 e. The van der Waals surface area contributed by atoms with E-state index in [1.807, 2.05) is 6.20 Å². The van der Waals surface area contributed by atoms with E-state index in [0.717, 1.165) is 51.6 Å². The summed E-state index contributed by atoms with van der Waals surface area (Å²) in [6.45, 7) is 11.0. The van der Waals surface area contributed by atoms with Crippen LogP contribution in [-0.4, -0.2) is 42.7 Å². The molecule has 0 aliphatic carbocycles. The van der Waals surface area contributed by atoms with E-state index in [-0.39, 0.29) is 0 Å². The molecule has 0 bridgehead atoms. The summed E-state index contributed by atoms with van der Waals surface area (Å²) in [7, 11) is 0. The third-order valence-corrected chi connectivity index (χ3v) is 3.26. The quantitative estimate of drug-likeness (QED) is 0.847. The van der Waals surface area contributed by atoms with Gasteiger partial charge < -0.3 is 10.1 Å². The number of nitrogens with zero attached hydrogens (tertiary/aromatic N) is 2. The summed E-state index contributed by atoms with van der Waals surface area (Å²) in [5, 5.41) is 3.44. The van der Waals surface area contributed by atoms with Gasteiger partial charge in [-0.25, -0.2) is 0 Å². The first kappa shape index (κ1) is 14.4. The smallest absolute Gasteiger partial charge is 0.0594 e. The van der Waals surface area contributed by atoms with E-state index in [4.69, 9.17) is 4.74 Å². The van der Waals surface area contributed by atoms with Gasteiger partial charge >= 0.3 is 0 Å². The topological polar surface area (TPSA) is 37.4 Å². The molecule has 0 radical (unpaired) electrons.